The van der Waals surface area contributed by atoms with Gasteiger partial charge in [-0.05, 0) is 37.6 Å². The highest BCUT2D eigenvalue weighted by molar-refractivity contribution is 6.42. The Balaban J connectivity index is 2.22. The summed E-state index contributed by atoms with van der Waals surface area (Å²) in [6.07, 6.45) is 0.294. The second-order valence-corrected chi connectivity index (χ2v) is 5.15. The average Bonchev–Trinajstić information content (AvgIpc) is 2.75. The number of hydrogen-bond donors (Lipinski definition) is 0. The molecule has 100 valence electrons. The molecular formula is C14H14Cl2N2O. The van der Waals surface area contributed by atoms with Crippen molar-refractivity contribution in [1.82, 2.24) is 9.78 Å². The number of benzene rings is 1. The number of carbonyl (C=O) groups excluding carboxylic acids is 1. The molecule has 0 N–H and O–H groups in total. The lowest BCUT2D eigenvalue weighted by Gasteiger charge is -2.05. The highest BCUT2D eigenvalue weighted by Crippen LogP contribution is 2.23. The van der Waals surface area contributed by atoms with Crippen LogP contribution in [0.15, 0.2) is 24.3 Å². The molecule has 0 aliphatic heterocycles. The van der Waals surface area contributed by atoms with Crippen molar-refractivity contribution in [2.45, 2.75) is 26.8 Å². The first-order valence-electron chi connectivity index (χ1n) is 6.03. The van der Waals surface area contributed by atoms with Gasteiger partial charge in [-0.3, -0.25) is 9.48 Å². The van der Waals surface area contributed by atoms with E-state index >= 15 is 0 Å². The van der Waals surface area contributed by atoms with Crippen molar-refractivity contribution in [3.05, 3.63) is 51.3 Å². The maximum atomic E-state index is 12.3. The molecule has 1 heterocycles. The van der Waals surface area contributed by atoms with E-state index in [9.17, 15) is 4.79 Å². The van der Waals surface area contributed by atoms with Crippen LogP contribution in [-0.2, 0) is 13.0 Å². The smallest absolute Gasteiger partial charge is 0.185 e. The van der Waals surface area contributed by atoms with E-state index < -0.39 is 0 Å². The van der Waals surface area contributed by atoms with Crippen LogP contribution < -0.4 is 0 Å². The summed E-state index contributed by atoms with van der Waals surface area (Å²) in [5.74, 6) is 0.0286. The van der Waals surface area contributed by atoms with Gasteiger partial charge in [0, 0.05) is 13.0 Å². The van der Waals surface area contributed by atoms with Crippen molar-refractivity contribution in [3.63, 3.8) is 0 Å². The zero-order valence-corrected chi connectivity index (χ0v) is 12.3. The third kappa shape index (κ3) is 3.17. The van der Waals surface area contributed by atoms with E-state index in [-0.39, 0.29) is 5.78 Å². The fourth-order valence-corrected chi connectivity index (χ4v) is 2.26. The number of nitrogens with zero attached hydrogens (tertiary/aromatic N) is 2. The van der Waals surface area contributed by atoms with Crippen molar-refractivity contribution >= 4 is 29.0 Å². The molecule has 19 heavy (non-hydrogen) atoms. The first-order valence-corrected chi connectivity index (χ1v) is 6.78. The molecule has 0 bridgehead atoms. The Labute approximate surface area is 122 Å². The van der Waals surface area contributed by atoms with E-state index in [1.807, 2.05) is 26.0 Å². The van der Waals surface area contributed by atoms with E-state index in [1.165, 1.54) is 0 Å². The van der Waals surface area contributed by atoms with Gasteiger partial charge in [-0.25, -0.2) is 0 Å². The minimum atomic E-state index is 0.0286. The molecule has 0 aliphatic carbocycles. The van der Waals surface area contributed by atoms with E-state index in [2.05, 4.69) is 5.10 Å². The number of rotatable bonds is 4. The molecule has 2 rings (SSSR count). The SMILES string of the molecule is CCn1nc(C)cc1C(=O)Cc1ccc(Cl)c(Cl)c1. The number of halogens is 2. The van der Waals surface area contributed by atoms with Crippen LogP contribution in [0.2, 0.25) is 10.0 Å². The van der Waals surface area contributed by atoms with Crippen LogP contribution in [0.3, 0.4) is 0 Å². The van der Waals surface area contributed by atoms with Crippen LogP contribution in [0, 0.1) is 6.92 Å². The normalized spacial score (nSPS) is 10.7. The summed E-state index contributed by atoms with van der Waals surface area (Å²) in [6.45, 7) is 4.51. The third-order valence-electron chi connectivity index (χ3n) is 2.84. The van der Waals surface area contributed by atoms with Gasteiger partial charge in [0.05, 0.1) is 15.7 Å². The molecule has 2 aromatic rings. The molecule has 0 aliphatic rings. The number of hydrogen-bond acceptors (Lipinski definition) is 2. The van der Waals surface area contributed by atoms with Crippen molar-refractivity contribution in [2.24, 2.45) is 0 Å². The summed E-state index contributed by atoms with van der Waals surface area (Å²) in [5, 5.41) is 5.23. The molecule has 1 aromatic heterocycles. The lowest BCUT2D eigenvalue weighted by atomic mass is 10.1. The van der Waals surface area contributed by atoms with Gasteiger partial charge in [-0.1, -0.05) is 29.3 Å². The average molecular weight is 297 g/mol. The number of carbonyl (C=O) groups is 1. The molecule has 0 unspecified atom stereocenters. The zero-order valence-electron chi connectivity index (χ0n) is 10.8. The molecule has 0 saturated heterocycles. The first kappa shape index (κ1) is 14.1. The van der Waals surface area contributed by atoms with E-state index in [4.69, 9.17) is 23.2 Å². The summed E-state index contributed by atoms with van der Waals surface area (Å²) >= 11 is 11.8. The van der Waals surface area contributed by atoms with Crippen molar-refractivity contribution in [3.8, 4) is 0 Å². The van der Waals surface area contributed by atoms with Crippen LogP contribution in [0.5, 0.6) is 0 Å². The largest absolute Gasteiger partial charge is 0.292 e. The maximum Gasteiger partial charge on any atom is 0.185 e. The Morgan fingerprint density at radius 3 is 2.63 bits per heavy atom. The number of Topliss-reactive ketones (excluding diaryl/α,β-unsaturated/α-hetero) is 1. The molecule has 0 atom stereocenters. The Morgan fingerprint density at radius 1 is 1.26 bits per heavy atom. The van der Waals surface area contributed by atoms with Crippen LogP contribution in [0.1, 0.15) is 28.7 Å². The fraction of sp³-hybridized carbons (Fsp3) is 0.286. The van der Waals surface area contributed by atoms with Gasteiger partial charge in [0.1, 0.15) is 5.69 Å². The molecule has 0 saturated carbocycles. The minimum absolute atomic E-state index is 0.0286. The number of aryl methyl sites for hydroxylation is 2. The molecule has 0 radical (unpaired) electrons. The van der Waals surface area contributed by atoms with Crippen LogP contribution in [0.4, 0.5) is 0 Å². The van der Waals surface area contributed by atoms with Crippen molar-refractivity contribution in [1.29, 1.82) is 0 Å². The molecule has 0 amide bonds. The molecule has 1 aromatic carbocycles. The van der Waals surface area contributed by atoms with Gasteiger partial charge in [-0.15, -0.1) is 0 Å². The van der Waals surface area contributed by atoms with Gasteiger partial charge in [0.2, 0.25) is 0 Å². The second kappa shape index (κ2) is 5.76. The number of aromatic nitrogens is 2. The molecule has 0 spiro atoms. The van der Waals surface area contributed by atoms with Gasteiger partial charge in [-0.2, -0.15) is 5.10 Å². The maximum absolute atomic E-state index is 12.3. The van der Waals surface area contributed by atoms with Gasteiger partial charge >= 0.3 is 0 Å². The van der Waals surface area contributed by atoms with E-state index in [0.717, 1.165) is 11.3 Å². The lowest BCUT2D eigenvalue weighted by Crippen LogP contribution is -2.11. The lowest BCUT2D eigenvalue weighted by molar-refractivity contribution is 0.0983. The second-order valence-electron chi connectivity index (χ2n) is 4.34. The third-order valence-corrected chi connectivity index (χ3v) is 3.58. The fourth-order valence-electron chi connectivity index (χ4n) is 1.94. The predicted octanol–water partition coefficient (Wildman–Crippen LogP) is 3.94. The summed E-state index contributed by atoms with van der Waals surface area (Å²) in [6, 6.07) is 7.05. The summed E-state index contributed by atoms with van der Waals surface area (Å²) in [4.78, 5) is 12.3. The van der Waals surface area contributed by atoms with Crippen LogP contribution >= 0.6 is 23.2 Å². The standard InChI is InChI=1S/C14H14Cl2N2O/c1-3-18-13(6-9(2)17-18)14(19)8-10-4-5-11(15)12(16)7-10/h4-7H,3,8H2,1-2H3. The van der Waals surface area contributed by atoms with Crippen LogP contribution in [-0.4, -0.2) is 15.6 Å². The quantitative estimate of drug-likeness (QED) is 0.801. The van der Waals surface area contributed by atoms with Crippen molar-refractivity contribution < 1.29 is 4.79 Å². The summed E-state index contributed by atoms with van der Waals surface area (Å²) < 4.78 is 1.72. The van der Waals surface area contributed by atoms with Gasteiger partial charge in [0.15, 0.2) is 5.78 Å². The first-order chi connectivity index (χ1) is 9.01. The molecule has 0 fully saturated rings. The van der Waals surface area contributed by atoms with Crippen molar-refractivity contribution in [2.75, 3.05) is 0 Å². The minimum Gasteiger partial charge on any atom is -0.292 e. The van der Waals surface area contributed by atoms with Gasteiger partial charge < -0.3 is 0 Å². The Morgan fingerprint density at radius 2 is 2.00 bits per heavy atom. The summed E-state index contributed by atoms with van der Waals surface area (Å²) in [7, 11) is 0. The Bertz CT molecular complexity index is 620. The Hall–Kier alpha value is -1.32. The van der Waals surface area contributed by atoms with E-state index in [0.29, 0.717) is 28.7 Å². The molecular weight excluding hydrogens is 283 g/mol. The topological polar surface area (TPSA) is 34.9 Å². The highest BCUT2D eigenvalue weighted by Gasteiger charge is 2.14. The Kier molecular flexibility index (Phi) is 4.27. The monoisotopic (exact) mass is 296 g/mol. The van der Waals surface area contributed by atoms with Crippen LogP contribution in [0.25, 0.3) is 0 Å². The number of ketones is 1. The highest BCUT2D eigenvalue weighted by atomic mass is 35.5. The summed E-state index contributed by atoms with van der Waals surface area (Å²) in [5.41, 5.74) is 2.33. The zero-order chi connectivity index (χ0) is 14.0. The molecule has 3 nitrogen and oxygen atoms in total. The predicted molar refractivity (Wildman–Crippen MR) is 77.1 cm³/mol. The van der Waals surface area contributed by atoms with Gasteiger partial charge in [0.25, 0.3) is 0 Å². The molecule has 5 heteroatoms. The van der Waals surface area contributed by atoms with E-state index in [1.54, 1.807) is 16.8 Å².